The maximum atomic E-state index is 12.6. The van der Waals surface area contributed by atoms with E-state index in [1.807, 2.05) is 0 Å². The molecule has 0 unspecified atom stereocenters. The Bertz CT molecular complexity index is 1030. The van der Waals surface area contributed by atoms with Crippen LogP contribution < -0.4 is 20.3 Å². The lowest BCUT2D eigenvalue weighted by Gasteiger charge is -2.36. The molecule has 0 bridgehead atoms. The Hall–Kier alpha value is -3.36. The number of methoxy groups -OCH3 is 2. The number of ether oxygens (including phenoxy) is 2. The van der Waals surface area contributed by atoms with Gasteiger partial charge >= 0.3 is 5.97 Å². The summed E-state index contributed by atoms with van der Waals surface area (Å²) < 4.78 is 11.7. The molecule has 1 aromatic heterocycles. The van der Waals surface area contributed by atoms with Crippen LogP contribution in [0.2, 0.25) is 0 Å². The third kappa shape index (κ3) is 5.66. The molecule has 2 aromatic rings. The van der Waals surface area contributed by atoms with Gasteiger partial charge in [-0.1, -0.05) is 19.3 Å². The van der Waals surface area contributed by atoms with Crippen molar-refractivity contribution in [3.8, 4) is 22.8 Å². The predicted molar refractivity (Wildman–Crippen MR) is 118 cm³/mol. The zero-order valence-electron chi connectivity index (χ0n) is 18.4. The van der Waals surface area contributed by atoms with Gasteiger partial charge in [-0.25, -0.2) is 4.68 Å². The van der Waals surface area contributed by atoms with Crippen LogP contribution in [0.15, 0.2) is 35.1 Å². The summed E-state index contributed by atoms with van der Waals surface area (Å²) in [5, 5.41) is 16.4. The highest BCUT2D eigenvalue weighted by Gasteiger charge is 2.34. The molecule has 1 aromatic carbocycles. The third-order valence-electron chi connectivity index (χ3n) is 5.94. The molecule has 3 rings (SSSR count). The smallest absolute Gasteiger partial charge is 0.303 e. The first-order chi connectivity index (χ1) is 15.4. The Morgan fingerprint density at radius 3 is 2.47 bits per heavy atom. The minimum Gasteiger partial charge on any atom is -0.493 e. The Labute approximate surface area is 186 Å². The molecular formula is C23H29N3O6. The van der Waals surface area contributed by atoms with Crippen LogP contribution in [0.4, 0.5) is 0 Å². The summed E-state index contributed by atoms with van der Waals surface area (Å²) in [6, 6.07) is 8.22. The number of amides is 1. The molecule has 1 saturated carbocycles. The quantitative estimate of drug-likeness (QED) is 0.611. The number of nitrogens with one attached hydrogen (secondary N) is 1. The Balaban J connectivity index is 1.72. The van der Waals surface area contributed by atoms with Gasteiger partial charge in [0.15, 0.2) is 11.5 Å². The summed E-state index contributed by atoms with van der Waals surface area (Å²) in [5.41, 5.74) is 0.384. The van der Waals surface area contributed by atoms with Gasteiger partial charge in [0, 0.05) is 18.2 Å². The van der Waals surface area contributed by atoms with Gasteiger partial charge < -0.3 is 19.9 Å². The van der Waals surface area contributed by atoms with Crippen LogP contribution in [0.3, 0.4) is 0 Å². The number of carbonyl (C=O) groups excluding carboxylic acids is 1. The van der Waals surface area contributed by atoms with Crippen molar-refractivity contribution < 1.29 is 24.2 Å². The largest absolute Gasteiger partial charge is 0.493 e. The van der Waals surface area contributed by atoms with Gasteiger partial charge in [-0.15, -0.1) is 0 Å². The SMILES string of the molecule is COc1ccc(-c2ccc(=O)n(CC(=O)NCC3(CC(=O)O)CCCCC3)n2)cc1OC. The van der Waals surface area contributed by atoms with E-state index in [1.54, 1.807) is 31.4 Å². The van der Waals surface area contributed by atoms with Crippen LogP contribution in [-0.4, -0.2) is 47.5 Å². The number of hydrogen-bond acceptors (Lipinski definition) is 6. The average Bonchev–Trinajstić information content (AvgIpc) is 2.79. The van der Waals surface area contributed by atoms with Crippen LogP contribution in [0.25, 0.3) is 11.3 Å². The topological polar surface area (TPSA) is 120 Å². The second kappa shape index (κ2) is 10.3. The lowest BCUT2D eigenvalue weighted by molar-refractivity contribution is -0.140. The van der Waals surface area contributed by atoms with E-state index in [4.69, 9.17) is 9.47 Å². The summed E-state index contributed by atoms with van der Waals surface area (Å²) in [5.74, 6) is -0.137. The maximum absolute atomic E-state index is 12.6. The van der Waals surface area contributed by atoms with Gasteiger partial charge in [-0.3, -0.25) is 14.4 Å². The van der Waals surface area contributed by atoms with Gasteiger partial charge in [0.1, 0.15) is 6.54 Å². The molecule has 1 aliphatic rings. The summed E-state index contributed by atoms with van der Waals surface area (Å²) in [6.45, 7) is 0.0331. The highest BCUT2D eigenvalue weighted by atomic mass is 16.5. The van der Waals surface area contributed by atoms with E-state index >= 15 is 0 Å². The third-order valence-corrected chi connectivity index (χ3v) is 5.94. The zero-order chi connectivity index (χ0) is 23.1. The van der Waals surface area contributed by atoms with Gasteiger partial charge in [0.2, 0.25) is 5.91 Å². The lowest BCUT2D eigenvalue weighted by atomic mass is 9.71. The highest BCUT2D eigenvalue weighted by Crippen LogP contribution is 2.38. The fraction of sp³-hybridized carbons (Fsp3) is 0.478. The molecule has 9 heteroatoms. The van der Waals surface area contributed by atoms with Crippen molar-refractivity contribution in [3.05, 3.63) is 40.7 Å². The van der Waals surface area contributed by atoms with E-state index in [9.17, 15) is 19.5 Å². The molecule has 0 saturated heterocycles. The van der Waals surface area contributed by atoms with Crippen molar-refractivity contribution >= 4 is 11.9 Å². The molecule has 172 valence electrons. The molecule has 1 aliphatic carbocycles. The van der Waals surface area contributed by atoms with E-state index < -0.39 is 16.9 Å². The molecule has 0 spiro atoms. The fourth-order valence-corrected chi connectivity index (χ4v) is 4.23. The Morgan fingerprint density at radius 1 is 1.09 bits per heavy atom. The second-order valence-corrected chi connectivity index (χ2v) is 8.19. The molecular weight excluding hydrogens is 414 g/mol. The van der Waals surface area contributed by atoms with E-state index in [2.05, 4.69) is 10.4 Å². The van der Waals surface area contributed by atoms with E-state index in [-0.39, 0.29) is 25.4 Å². The number of carboxylic acid groups (broad SMARTS) is 1. The summed E-state index contributed by atoms with van der Waals surface area (Å²) in [4.78, 5) is 36.2. The minimum absolute atomic E-state index is 0.0280. The number of carboxylic acids is 1. The maximum Gasteiger partial charge on any atom is 0.303 e. The number of hydrogen-bond donors (Lipinski definition) is 2. The van der Waals surface area contributed by atoms with Gasteiger partial charge in [-0.2, -0.15) is 5.10 Å². The number of aromatic nitrogens is 2. The number of rotatable bonds is 9. The van der Waals surface area contributed by atoms with Gasteiger partial charge in [0.05, 0.1) is 26.3 Å². The minimum atomic E-state index is -0.860. The van der Waals surface area contributed by atoms with Crippen LogP contribution in [-0.2, 0) is 16.1 Å². The monoisotopic (exact) mass is 443 g/mol. The molecule has 32 heavy (non-hydrogen) atoms. The molecule has 0 aliphatic heterocycles. The molecule has 1 fully saturated rings. The van der Waals surface area contributed by atoms with Crippen molar-refractivity contribution in [2.75, 3.05) is 20.8 Å². The molecule has 2 N–H and O–H groups in total. The van der Waals surface area contributed by atoms with Crippen molar-refractivity contribution in [1.82, 2.24) is 15.1 Å². The summed E-state index contributed by atoms with van der Waals surface area (Å²) >= 11 is 0. The first-order valence-corrected chi connectivity index (χ1v) is 10.6. The molecule has 1 amide bonds. The number of aliphatic carboxylic acids is 1. The van der Waals surface area contributed by atoms with Gasteiger partial charge in [0.25, 0.3) is 5.56 Å². The molecule has 0 atom stereocenters. The van der Waals surface area contributed by atoms with Crippen LogP contribution >= 0.6 is 0 Å². The van der Waals surface area contributed by atoms with E-state index in [0.717, 1.165) is 36.8 Å². The number of carbonyl (C=O) groups is 2. The van der Waals surface area contributed by atoms with E-state index in [0.29, 0.717) is 22.8 Å². The Kier molecular flexibility index (Phi) is 7.50. The highest BCUT2D eigenvalue weighted by molar-refractivity contribution is 5.76. The summed E-state index contributed by atoms with van der Waals surface area (Å²) in [6.07, 6.45) is 4.56. The Morgan fingerprint density at radius 2 is 1.81 bits per heavy atom. The fourth-order valence-electron chi connectivity index (χ4n) is 4.23. The van der Waals surface area contributed by atoms with Crippen molar-refractivity contribution in [3.63, 3.8) is 0 Å². The predicted octanol–water partition coefficient (Wildman–Crippen LogP) is 2.47. The molecule has 9 nitrogen and oxygen atoms in total. The van der Waals surface area contributed by atoms with Gasteiger partial charge in [-0.05, 0) is 42.5 Å². The van der Waals surface area contributed by atoms with Crippen LogP contribution in [0.1, 0.15) is 38.5 Å². The normalized spacial score (nSPS) is 15.1. The lowest BCUT2D eigenvalue weighted by Crippen LogP contribution is -2.42. The second-order valence-electron chi connectivity index (χ2n) is 8.19. The van der Waals surface area contributed by atoms with Crippen molar-refractivity contribution in [2.45, 2.75) is 45.1 Å². The average molecular weight is 444 g/mol. The number of benzene rings is 1. The molecule has 0 radical (unpaired) electrons. The summed E-state index contributed by atoms with van der Waals surface area (Å²) in [7, 11) is 3.08. The van der Waals surface area contributed by atoms with Crippen molar-refractivity contribution in [2.24, 2.45) is 5.41 Å². The van der Waals surface area contributed by atoms with Crippen LogP contribution in [0, 0.1) is 5.41 Å². The van der Waals surface area contributed by atoms with E-state index in [1.165, 1.54) is 13.2 Å². The van der Waals surface area contributed by atoms with Crippen molar-refractivity contribution in [1.29, 1.82) is 0 Å². The standard InChI is InChI=1S/C23H29N3O6/c1-31-18-8-6-16(12-19(18)32-2)17-7-9-21(28)26(25-17)14-20(27)24-15-23(13-22(29)30)10-4-3-5-11-23/h6-9,12H,3-5,10-11,13-15H2,1-2H3,(H,24,27)(H,29,30). The first-order valence-electron chi connectivity index (χ1n) is 10.6. The zero-order valence-corrected chi connectivity index (χ0v) is 18.4. The number of nitrogens with zero attached hydrogens (tertiary/aromatic N) is 2. The molecule has 1 heterocycles. The first kappa shape index (κ1) is 23.3. The van der Waals surface area contributed by atoms with Crippen LogP contribution in [0.5, 0.6) is 11.5 Å².